The molecule has 0 aliphatic carbocycles. The predicted octanol–water partition coefficient (Wildman–Crippen LogP) is 15.5. The van der Waals surface area contributed by atoms with Crippen molar-refractivity contribution >= 4 is 55.7 Å². The van der Waals surface area contributed by atoms with Gasteiger partial charge in [-0.3, -0.25) is 0 Å². The van der Waals surface area contributed by atoms with Crippen LogP contribution in [0.1, 0.15) is 49.9 Å². The first kappa shape index (κ1) is 34.4. The lowest BCUT2D eigenvalue weighted by atomic mass is 9.72. The van der Waals surface area contributed by atoms with Gasteiger partial charge in [0.15, 0.2) is 0 Å². The summed E-state index contributed by atoms with van der Waals surface area (Å²) in [4.78, 5) is 4.87. The zero-order valence-corrected chi connectivity index (χ0v) is 33.4. The second kappa shape index (κ2) is 12.8. The molecule has 58 heavy (non-hydrogen) atoms. The normalized spacial score (nSPS) is 14.8. The van der Waals surface area contributed by atoms with Gasteiger partial charge >= 0.3 is 0 Å². The Kier molecular flexibility index (Phi) is 7.59. The molecule has 2 heterocycles. The highest BCUT2D eigenvalue weighted by molar-refractivity contribution is 5.95. The fraction of sp³-hybridized carbons (Fsp3) is 0.107. The lowest BCUT2D eigenvalue weighted by Crippen LogP contribution is -2.30. The summed E-state index contributed by atoms with van der Waals surface area (Å²) in [7, 11) is 0. The molecule has 2 aliphatic heterocycles. The molecule has 0 saturated carbocycles. The molecule has 0 bridgehead atoms. The van der Waals surface area contributed by atoms with Gasteiger partial charge in [0.05, 0.1) is 22.7 Å². The van der Waals surface area contributed by atoms with Crippen molar-refractivity contribution in [1.82, 2.24) is 0 Å². The number of hydrogen-bond acceptors (Lipinski definition) is 2. The Morgan fingerprint density at radius 1 is 0.276 bits per heavy atom. The van der Waals surface area contributed by atoms with Gasteiger partial charge in [0.25, 0.3) is 0 Å². The molecule has 0 saturated heterocycles. The van der Waals surface area contributed by atoms with E-state index in [9.17, 15) is 0 Å². The third-order valence-electron chi connectivity index (χ3n) is 13.0. The van der Waals surface area contributed by atoms with Crippen molar-refractivity contribution in [2.75, 3.05) is 9.80 Å². The van der Waals surface area contributed by atoms with Crippen LogP contribution in [-0.4, -0.2) is 0 Å². The summed E-state index contributed by atoms with van der Waals surface area (Å²) in [5.74, 6) is 0. The summed E-state index contributed by atoms with van der Waals surface area (Å²) in [6.07, 6.45) is 0. The molecule has 0 atom stereocenters. The van der Waals surface area contributed by atoms with Gasteiger partial charge in [0.2, 0.25) is 0 Å². The molecule has 0 fully saturated rings. The average Bonchev–Trinajstić information content (AvgIpc) is 3.26. The first-order chi connectivity index (χ1) is 28.3. The van der Waals surface area contributed by atoms with Gasteiger partial charge in [0, 0.05) is 22.2 Å². The summed E-state index contributed by atoms with van der Waals surface area (Å²) >= 11 is 0. The molecule has 0 radical (unpaired) electrons. The van der Waals surface area contributed by atoms with Crippen molar-refractivity contribution < 1.29 is 0 Å². The molecule has 278 valence electrons. The van der Waals surface area contributed by atoms with Crippen LogP contribution in [0.15, 0.2) is 194 Å². The molecular formula is C56H44N2. The van der Waals surface area contributed by atoms with Gasteiger partial charge in [-0.05, 0) is 139 Å². The van der Waals surface area contributed by atoms with E-state index in [1.807, 2.05) is 0 Å². The molecule has 0 aromatic heterocycles. The van der Waals surface area contributed by atoms with Crippen LogP contribution in [0.2, 0.25) is 0 Å². The lowest BCUT2D eigenvalue weighted by molar-refractivity contribution is 0.632. The zero-order chi connectivity index (χ0) is 39.2. The Balaban J connectivity index is 0.966. The maximum Gasteiger partial charge on any atom is 0.0503 e. The van der Waals surface area contributed by atoms with Gasteiger partial charge in [-0.15, -0.1) is 0 Å². The van der Waals surface area contributed by atoms with Gasteiger partial charge in [-0.25, -0.2) is 0 Å². The first-order valence-corrected chi connectivity index (χ1v) is 20.4. The number of rotatable bonds is 4. The Hall–Kier alpha value is -6.90. The van der Waals surface area contributed by atoms with Crippen LogP contribution in [0.5, 0.6) is 0 Å². The molecule has 2 heteroatoms. The van der Waals surface area contributed by atoms with E-state index in [4.69, 9.17) is 0 Å². The highest BCUT2D eigenvalue weighted by atomic mass is 15.2. The minimum absolute atomic E-state index is 0.156. The van der Waals surface area contributed by atoms with Crippen molar-refractivity contribution in [2.24, 2.45) is 0 Å². The van der Waals surface area contributed by atoms with Crippen LogP contribution in [0.25, 0.3) is 43.8 Å². The van der Waals surface area contributed by atoms with Gasteiger partial charge in [-0.2, -0.15) is 0 Å². The number of anilines is 6. The number of para-hydroxylation sites is 3. The summed E-state index contributed by atoms with van der Waals surface area (Å²) in [5.41, 5.74) is 17.2. The summed E-state index contributed by atoms with van der Waals surface area (Å²) in [5, 5.41) is 4.98. The minimum Gasteiger partial charge on any atom is -0.310 e. The van der Waals surface area contributed by atoms with Crippen LogP contribution in [-0.2, 0) is 10.8 Å². The van der Waals surface area contributed by atoms with Crippen molar-refractivity contribution in [3.05, 3.63) is 216 Å². The number of nitrogens with zero attached hydrogens (tertiary/aromatic N) is 2. The van der Waals surface area contributed by atoms with E-state index >= 15 is 0 Å². The Morgan fingerprint density at radius 3 is 1.24 bits per heavy atom. The maximum absolute atomic E-state index is 2.45. The standard InChI is InChI=1S/C56H44N2/c1-55(2)47-18-10-12-20-51(47)57(45-16-6-5-7-17-45)53-30-27-43(35-49(53)55)41-24-22-40-33-42(25-23-39(40)32-41)44-28-31-54-50(36-44)56(3,4)48-19-11-13-21-52(48)58(54)46-29-26-37-14-8-9-15-38(37)34-46/h5-36H,1-4H3. The number of hydrogen-bond donors (Lipinski definition) is 0. The van der Waals surface area contributed by atoms with E-state index in [1.165, 1.54) is 100 Å². The highest BCUT2D eigenvalue weighted by Crippen LogP contribution is 2.54. The van der Waals surface area contributed by atoms with Crippen LogP contribution in [0, 0.1) is 0 Å². The molecule has 2 nitrogen and oxygen atoms in total. The maximum atomic E-state index is 2.45. The van der Waals surface area contributed by atoms with Crippen LogP contribution in [0.4, 0.5) is 34.1 Å². The second-order valence-corrected chi connectivity index (χ2v) is 17.1. The molecule has 0 N–H and O–H groups in total. The molecule has 2 aliphatic rings. The molecule has 9 aromatic rings. The smallest absolute Gasteiger partial charge is 0.0503 e. The predicted molar refractivity (Wildman–Crippen MR) is 246 cm³/mol. The minimum atomic E-state index is -0.176. The second-order valence-electron chi connectivity index (χ2n) is 17.1. The van der Waals surface area contributed by atoms with Crippen LogP contribution >= 0.6 is 0 Å². The first-order valence-electron chi connectivity index (χ1n) is 20.4. The zero-order valence-electron chi connectivity index (χ0n) is 33.4. The molecule has 11 rings (SSSR count). The fourth-order valence-corrected chi connectivity index (χ4v) is 9.82. The Labute approximate surface area is 341 Å². The molecule has 9 aromatic carbocycles. The van der Waals surface area contributed by atoms with E-state index in [0.717, 1.165) is 0 Å². The van der Waals surface area contributed by atoms with Crippen molar-refractivity contribution in [1.29, 1.82) is 0 Å². The number of fused-ring (bicyclic) bond motifs is 6. The quantitative estimate of drug-likeness (QED) is 0.177. The molecular weight excluding hydrogens is 701 g/mol. The Morgan fingerprint density at radius 2 is 0.672 bits per heavy atom. The molecule has 0 unspecified atom stereocenters. The topological polar surface area (TPSA) is 6.48 Å². The van der Waals surface area contributed by atoms with Crippen LogP contribution < -0.4 is 9.80 Å². The summed E-state index contributed by atoms with van der Waals surface area (Å²) in [6.45, 7) is 9.46. The SMILES string of the molecule is CC1(C)c2ccccc2N(c2ccccc2)c2ccc(-c3ccc4cc(-c5ccc6c(c5)C(C)(C)c5ccccc5N6c5ccc6ccccc6c5)ccc4c3)cc21. The van der Waals surface area contributed by atoms with E-state index in [0.29, 0.717) is 0 Å². The highest BCUT2D eigenvalue weighted by Gasteiger charge is 2.38. The van der Waals surface area contributed by atoms with Gasteiger partial charge < -0.3 is 9.80 Å². The fourth-order valence-electron chi connectivity index (χ4n) is 9.82. The summed E-state index contributed by atoms with van der Waals surface area (Å²) < 4.78 is 0. The van der Waals surface area contributed by atoms with Crippen molar-refractivity contribution in [3.63, 3.8) is 0 Å². The van der Waals surface area contributed by atoms with E-state index in [1.54, 1.807) is 0 Å². The van der Waals surface area contributed by atoms with E-state index < -0.39 is 0 Å². The molecule has 0 amide bonds. The monoisotopic (exact) mass is 744 g/mol. The van der Waals surface area contributed by atoms with Gasteiger partial charge in [0.1, 0.15) is 0 Å². The van der Waals surface area contributed by atoms with E-state index in [2.05, 4.69) is 232 Å². The van der Waals surface area contributed by atoms with Crippen molar-refractivity contribution in [2.45, 2.75) is 38.5 Å². The van der Waals surface area contributed by atoms with Crippen molar-refractivity contribution in [3.8, 4) is 22.3 Å². The number of benzene rings is 9. The molecule has 0 spiro atoms. The average molecular weight is 745 g/mol. The third kappa shape index (κ3) is 5.25. The van der Waals surface area contributed by atoms with Gasteiger partial charge in [-0.1, -0.05) is 149 Å². The van der Waals surface area contributed by atoms with Crippen LogP contribution in [0.3, 0.4) is 0 Å². The largest absolute Gasteiger partial charge is 0.310 e. The summed E-state index contributed by atoms with van der Waals surface area (Å²) in [6, 6.07) is 71.9. The van der Waals surface area contributed by atoms with E-state index in [-0.39, 0.29) is 10.8 Å². The lowest BCUT2D eigenvalue weighted by Gasteiger charge is -2.42. The third-order valence-corrected chi connectivity index (χ3v) is 13.0. The Bertz CT molecular complexity index is 3080.